The summed E-state index contributed by atoms with van der Waals surface area (Å²) in [6.45, 7) is 5.81. The average molecular weight is 212 g/mol. The van der Waals surface area contributed by atoms with Crippen molar-refractivity contribution >= 4 is 0 Å². The van der Waals surface area contributed by atoms with Gasteiger partial charge in [-0.25, -0.2) is 0 Å². The summed E-state index contributed by atoms with van der Waals surface area (Å²) in [4.78, 5) is 2.28. The van der Waals surface area contributed by atoms with Crippen LogP contribution in [-0.4, -0.2) is 37.6 Å². The summed E-state index contributed by atoms with van der Waals surface area (Å²) in [5.41, 5.74) is 0. The van der Waals surface area contributed by atoms with Crippen molar-refractivity contribution in [2.75, 3.05) is 20.6 Å². The highest BCUT2D eigenvalue weighted by Crippen LogP contribution is 2.22. The lowest BCUT2D eigenvalue weighted by atomic mass is 10.0. The first-order valence-corrected chi connectivity index (χ1v) is 6.49. The van der Waals surface area contributed by atoms with Gasteiger partial charge in [0, 0.05) is 18.6 Å². The van der Waals surface area contributed by atoms with E-state index in [4.69, 9.17) is 0 Å². The fourth-order valence-corrected chi connectivity index (χ4v) is 2.21. The van der Waals surface area contributed by atoms with Gasteiger partial charge in [0.15, 0.2) is 0 Å². The maximum absolute atomic E-state index is 3.72. The SMILES string of the molecule is CC1CCCC(NCC(C)N(C)C)CC1. The topological polar surface area (TPSA) is 15.3 Å². The molecule has 2 nitrogen and oxygen atoms in total. The molecule has 1 rings (SSSR count). The van der Waals surface area contributed by atoms with E-state index in [1.54, 1.807) is 0 Å². The predicted molar refractivity (Wildman–Crippen MR) is 67.2 cm³/mol. The van der Waals surface area contributed by atoms with Crippen LogP contribution in [0.25, 0.3) is 0 Å². The van der Waals surface area contributed by atoms with Crippen LogP contribution in [-0.2, 0) is 0 Å². The van der Waals surface area contributed by atoms with E-state index in [1.165, 1.54) is 32.1 Å². The molecule has 0 spiro atoms. The Bertz CT molecular complexity index is 168. The molecule has 1 saturated carbocycles. The highest BCUT2D eigenvalue weighted by atomic mass is 15.1. The molecule has 0 radical (unpaired) electrons. The van der Waals surface area contributed by atoms with Crippen LogP contribution in [0.3, 0.4) is 0 Å². The number of nitrogens with zero attached hydrogens (tertiary/aromatic N) is 1. The van der Waals surface area contributed by atoms with Crippen LogP contribution in [0, 0.1) is 5.92 Å². The molecule has 1 fully saturated rings. The standard InChI is InChI=1S/C13H28N2/c1-11-6-5-7-13(9-8-11)14-10-12(2)15(3)4/h11-14H,5-10H2,1-4H3. The summed E-state index contributed by atoms with van der Waals surface area (Å²) in [5, 5.41) is 3.72. The van der Waals surface area contributed by atoms with Crippen molar-refractivity contribution in [2.24, 2.45) is 5.92 Å². The van der Waals surface area contributed by atoms with Crippen LogP contribution in [0.15, 0.2) is 0 Å². The lowest BCUT2D eigenvalue weighted by molar-refractivity contribution is 0.287. The molecule has 3 unspecified atom stereocenters. The highest BCUT2D eigenvalue weighted by Gasteiger charge is 2.16. The van der Waals surface area contributed by atoms with Gasteiger partial charge in [-0.05, 0) is 46.2 Å². The first-order valence-electron chi connectivity index (χ1n) is 6.49. The van der Waals surface area contributed by atoms with E-state index in [9.17, 15) is 0 Å². The molecule has 0 aromatic rings. The van der Waals surface area contributed by atoms with Crippen molar-refractivity contribution in [3.8, 4) is 0 Å². The zero-order valence-electron chi connectivity index (χ0n) is 10.9. The van der Waals surface area contributed by atoms with Crippen LogP contribution in [0.1, 0.15) is 46.0 Å². The van der Waals surface area contributed by atoms with Gasteiger partial charge in [-0.15, -0.1) is 0 Å². The molecule has 90 valence electrons. The number of hydrogen-bond donors (Lipinski definition) is 1. The van der Waals surface area contributed by atoms with Gasteiger partial charge in [-0.3, -0.25) is 0 Å². The van der Waals surface area contributed by atoms with Gasteiger partial charge in [-0.2, -0.15) is 0 Å². The summed E-state index contributed by atoms with van der Waals surface area (Å²) < 4.78 is 0. The van der Waals surface area contributed by atoms with E-state index in [0.717, 1.165) is 18.5 Å². The number of likely N-dealkylation sites (N-methyl/N-ethyl adjacent to an activating group) is 1. The Labute approximate surface area is 95.4 Å². The monoisotopic (exact) mass is 212 g/mol. The minimum atomic E-state index is 0.644. The number of hydrogen-bond acceptors (Lipinski definition) is 2. The van der Waals surface area contributed by atoms with Gasteiger partial charge in [0.05, 0.1) is 0 Å². The van der Waals surface area contributed by atoms with Crippen LogP contribution in [0.2, 0.25) is 0 Å². The second kappa shape index (κ2) is 6.49. The van der Waals surface area contributed by atoms with Crippen molar-refractivity contribution in [3.05, 3.63) is 0 Å². The minimum Gasteiger partial charge on any atom is -0.312 e. The molecular formula is C13H28N2. The first-order chi connectivity index (χ1) is 7.09. The molecule has 15 heavy (non-hydrogen) atoms. The molecule has 0 heterocycles. The van der Waals surface area contributed by atoms with Crippen molar-refractivity contribution in [1.82, 2.24) is 10.2 Å². The van der Waals surface area contributed by atoms with E-state index in [1.807, 2.05) is 0 Å². The van der Waals surface area contributed by atoms with E-state index < -0.39 is 0 Å². The third-order valence-corrected chi connectivity index (χ3v) is 3.84. The van der Waals surface area contributed by atoms with Crippen LogP contribution in [0.5, 0.6) is 0 Å². The van der Waals surface area contributed by atoms with Gasteiger partial charge < -0.3 is 10.2 Å². The summed E-state index contributed by atoms with van der Waals surface area (Å²) in [7, 11) is 4.31. The van der Waals surface area contributed by atoms with Crippen LogP contribution < -0.4 is 5.32 Å². The van der Waals surface area contributed by atoms with E-state index in [0.29, 0.717) is 6.04 Å². The molecule has 1 aliphatic rings. The lowest BCUT2D eigenvalue weighted by Gasteiger charge is -2.24. The van der Waals surface area contributed by atoms with Gasteiger partial charge in [0.25, 0.3) is 0 Å². The molecule has 3 atom stereocenters. The molecule has 0 amide bonds. The van der Waals surface area contributed by atoms with E-state index in [-0.39, 0.29) is 0 Å². The molecule has 2 heteroatoms. The molecule has 0 aromatic carbocycles. The van der Waals surface area contributed by atoms with Crippen LogP contribution in [0.4, 0.5) is 0 Å². The van der Waals surface area contributed by atoms with Gasteiger partial charge >= 0.3 is 0 Å². The zero-order chi connectivity index (χ0) is 11.3. The lowest BCUT2D eigenvalue weighted by Crippen LogP contribution is -2.40. The van der Waals surface area contributed by atoms with Crippen molar-refractivity contribution < 1.29 is 0 Å². The molecule has 1 aliphatic carbocycles. The summed E-state index contributed by atoms with van der Waals surface area (Å²) in [5.74, 6) is 0.947. The molecule has 1 N–H and O–H groups in total. The summed E-state index contributed by atoms with van der Waals surface area (Å²) in [6.07, 6.45) is 7.01. The molecule has 0 bridgehead atoms. The predicted octanol–water partition coefficient (Wildman–Crippen LogP) is 2.49. The summed E-state index contributed by atoms with van der Waals surface area (Å²) >= 11 is 0. The van der Waals surface area contributed by atoms with Gasteiger partial charge in [0.2, 0.25) is 0 Å². The number of rotatable bonds is 4. The molecule has 0 saturated heterocycles. The molecule has 0 aliphatic heterocycles. The second-order valence-electron chi connectivity index (χ2n) is 5.53. The summed E-state index contributed by atoms with van der Waals surface area (Å²) in [6, 6.07) is 1.42. The smallest absolute Gasteiger partial charge is 0.0186 e. The molecule has 0 aromatic heterocycles. The quantitative estimate of drug-likeness (QED) is 0.720. The van der Waals surface area contributed by atoms with Crippen molar-refractivity contribution in [3.63, 3.8) is 0 Å². The highest BCUT2D eigenvalue weighted by molar-refractivity contribution is 4.75. The number of nitrogens with one attached hydrogen (secondary N) is 1. The minimum absolute atomic E-state index is 0.644. The maximum atomic E-state index is 3.72. The fourth-order valence-electron chi connectivity index (χ4n) is 2.21. The first kappa shape index (κ1) is 13.0. The van der Waals surface area contributed by atoms with Crippen LogP contribution >= 0.6 is 0 Å². The Balaban J connectivity index is 2.20. The van der Waals surface area contributed by atoms with E-state index >= 15 is 0 Å². The third kappa shape index (κ3) is 4.98. The fraction of sp³-hybridized carbons (Fsp3) is 1.00. The Kier molecular flexibility index (Phi) is 5.62. The molecular weight excluding hydrogens is 184 g/mol. The zero-order valence-corrected chi connectivity index (χ0v) is 10.9. The maximum Gasteiger partial charge on any atom is 0.0186 e. The Morgan fingerprint density at radius 2 is 1.93 bits per heavy atom. The Morgan fingerprint density at radius 3 is 2.60 bits per heavy atom. The van der Waals surface area contributed by atoms with Crippen molar-refractivity contribution in [2.45, 2.75) is 58.0 Å². The second-order valence-corrected chi connectivity index (χ2v) is 5.53. The average Bonchev–Trinajstić information content (AvgIpc) is 2.39. The third-order valence-electron chi connectivity index (χ3n) is 3.84. The largest absolute Gasteiger partial charge is 0.312 e. The Hall–Kier alpha value is -0.0800. The van der Waals surface area contributed by atoms with Crippen molar-refractivity contribution in [1.29, 1.82) is 0 Å². The van der Waals surface area contributed by atoms with Gasteiger partial charge in [0.1, 0.15) is 0 Å². The van der Waals surface area contributed by atoms with E-state index in [2.05, 4.69) is 38.2 Å². The normalized spacial score (nSPS) is 30.2. The Morgan fingerprint density at radius 1 is 1.20 bits per heavy atom. The van der Waals surface area contributed by atoms with Gasteiger partial charge in [-0.1, -0.05) is 19.8 Å².